The molecule has 1 amide bonds. The molecule has 1 aromatic heterocycles. The number of aromatic amines is 1. The molecule has 4 aromatic rings. The highest BCUT2D eigenvalue weighted by molar-refractivity contribution is 6.30. The van der Waals surface area contributed by atoms with Crippen molar-refractivity contribution in [1.29, 1.82) is 0 Å². The van der Waals surface area contributed by atoms with Crippen LogP contribution in [0.4, 0.5) is 4.79 Å². The third-order valence-corrected chi connectivity index (χ3v) is 6.42. The van der Waals surface area contributed by atoms with Crippen LogP contribution in [-0.4, -0.2) is 63.4 Å². The molecule has 2 atom stereocenters. The highest BCUT2D eigenvalue weighted by Crippen LogP contribution is 2.23. The van der Waals surface area contributed by atoms with E-state index in [1.807, 2.05) is 42.5 Å². The van der Waals surface area contributed by atoms with Gasteiger partial charge in [0.25, 0.3) is 5.91 Å². The number of nitrogens with one attached hydrogen (secondary N) is 2. The number of carbonyl (C=O) groups is 3. The van der Waals surface area contributed by atoms with Gasteiger partial charge >= 0.3 is 17.8 Å². The number of hydrogen-bond acceptors (Lipinski definition) is 9. The molecule has 12 nitrogen and oxygen atoms in total. The Bertz CT molecular complexity index is 1600. The van der Waals surface area contributed by atoms with E-state index >= 15 is 0 Å². The maximum absolute atomic E-state index is 13.1. The molecule has 0 saturated heterocycles. The minimum absolute atomic E-state index is 0.0751. The number of amides is 1. The zero-order chi connectivity index (χ0) is 30.8. The van der Waals surface area contributed by atoms with Crippen LogP contribution in [0, 0.1) is 0 Å². The summed E-state index contributed by atoms with van der Waals surface area (Å²) >= 11 is 6.11. The van der Waals surface area contributed by atoms with E-state index in [-0.39, 0.29) is 25.3 Å². The van der Waals surface area contributed by atoms with E-state index in [0.29, 0.717) is 10.7 Å². The summed E-state index contributed by atoms with van der Waals surface area (Å²) in [6.45, 7) is 0.901. The highest BCUT2D eigenvalue weighted by atomic mass is 35.5. The van der Waals surface area contributed by atoms with Crippen molar-refractivity contribution in [3.8, 4) is 16.8 Å². The van der Waals surface area contributed by atoms with E-state index in [9.17, 15) is 24.3 Å². The first-order chi connectivity index (χ1) is 20.7. The number of ether oxygens (including phenoxy) is 3. The Labute approximate surface area is 251 Å². The number of rotatable bonds is 12. The quantitative estimate of drug-likeness (QED) is 0.161. The van der Waals surface area contributed by atoms with Crippen molar-refractivity contribution in [2.45, 2.75) is 31.9 Å². The summed E-state index contributed by atoms with van der Waals surface area (Å²) in [6.07, 6.45) is -2.76. The van der Waals surface area contributed by atoms with Gasteiger partial charge in [-0.1, -0.05) is 66.2 Å². The van der Waals surface area contributed by atoms with E-state index in [1.165, 1.54) is 0 Å². The van der Waals surface area contributed by atoms with Crippen LogP contribution < -0.4 is 11.0 Å². The molecular formula is C30H29ClN4O8. The predicted molar refractivity (Wildman–Crippen MR) is 156 cm³/mol. The maximum atomic E-state index is 13.1. The van der Waals surface area contributed by atoms with Crippen LogP contribution in [0.5, 0.6) is 0 Å². The third kappa shape index (κ3) is 8.77. The van der Waals surface area contributed by atoms with Gasteiger partial charge in [0.1, 0.15) is 0 Å². The fourth-order valence-electron chi connectivity index (χ4n) is 4.16. The molecule has 0 spiro atoms. The van der Waals surface area contributed by atoms with E-state index in [4.69, 9.17) is 16.3 Å². The van der Waals surface area contributed by atoms with Crippen molar-refractivity contribution in [3.63, 3.8) is 0 Å². The lowest BCUT2D eigenvalue weighted by molar-refractivity contribution is -0.163. The summed E-state index contributed by atoms with van der Waals surface area (Å²) in [7, 11) is 0. The lowest BCUT2D eigenvalue weighted by Gasteiger charge is -2.21. The van der Waals surface area contributed by atoms with Crippen molar-refractivity contribution in [3.05, 3.63) is 106 Å². The molecular weight excluding hydrogens is 580 g/mol. The lowest BCUT2D eigenvalue weighted by Crippen LogP contribution is -2.41. The van der Waals surface area contributed by atoms with Gasteiger partial charge in [0, 0.05) is 17.5 Å². The fraction of sp³-hybridized carbons (Fsp3) is 0.233. The number of nitrogens with zero attached hydrogens (tertiary/aromatic N) is 2. The number of benzene rings is 3. The number of esters is 1. The van der Waals surface area contributed by atoms with Crippen LogP contribution in [0.15, 0.2) is 83.7 Å². The monoisotopic (exact) mass is 608 g/mol. The first kappa shape index (κ1) is 31.0. The van der Waals surface area contributed by atoms with E-state index in [2.05, 4.69) is 24.9 Å². The lowest BCUT2D eigenvalue weighted by atomic mass is 9.97. The summed E-state index contributed by atoms with van der Waals surface area (Å²) < 4.78 is 15.0. The molecule has 0 aliphatic heterocycles. The summed E-state index contributed by atoms with van der Waals surface area (Å²) in [6, 6.07) is 22.6. The Kier molecular flexibility index (Phi) is 10.7. The van der Waals surface area contributed by atoms with Gasteiger partial charge in [0.2, 0.25) is 12.6 Å². The SMILES string of the molecule is CCOC(=O)OCOC(=O)[C@H](O)C[C@@H](Cc1ccc(-c2cccc(Cl)c2)cc1)NC(=O)c1nn(-c2ccccc2)c(=O)[nH]1. The first-order valence-corrected chi connectivity index (χ1v) is 13.7. The summed E-state index contributed by atoms with van der Waals surface area (Å²) in [5, 5.41) is 18.0. The number of halogens is 1. The normalized spacial score (nSPS) is 12.2. The number of hydrogen-bond donors (Lipinski definition) is 3. The molecule has 0 radical (unpaired) electrons. The fourth-order valence-corrected chi connectivity index (χ4v) is 4.35. The Balaban J connectivity index is 1.48. The van der Waals surface area contributed by atoms with Crippen LogP contribution in [0.2, 0.25) is 5.02 Å². The molecule has 1 heterocycles. The van der Waals surface area contributed by atoms with Crippen molar-refractivity contribution in [2.75, 3.05) is 13.4 Å². The molecule has 224 valence electrons. The standard InChI is InChI=1S/C30H29ClN4O8/c1-2-41-30(40)43-18-42-28(38)25(36)17-23(15-19-11-13-20(14-12-19)21-7-6-8-22(31)16-21)32-27(37)26-33-29(39)35(34-26)24-9-4-3-5-10-24/h3-14,16,23,25,36H,2,15,17-18H2,1H3,(H,32,37)(H,33,34,39)/t23-,25-/m1/s1. The summed E-state index contributed by atoms with van der Waals surface area (Å²) in [5.74, 6) is -2.05. The average Bonchev–Trinajstić information content (AvgIpc) is 3.39. The van der Waals surface area contributed by atoms with Crippen molar-refractivity contribution in [2.24, 2.45) is 0 Å². The van der Waals surface area contributed by atoms with Crippen molar-refractivity contribution in [1.82, 2.24) is 20.1 Å². The molecule has 13 heteroatoms. The van der Waals surface area contributed by atoms with E-state index in [1.54, 1.807) is 43.3 Å². The largest absolute Gasteiger partial charge is 0.511 e. The number of carbonyl (C=O) groups excluding carboxylic acids is 3. The molecule has 4 rings (SSSR count). The van der Waals surface area contributed by atoms with Gasteiger partial charge in [-0.2, -0.15) is 4.68 Å². The average molecular weight is 609 g/mol. The second-order valence-corrected chi connectivity index (χ2v) is 9.70. The van der Waals surface area contributed by atoms with Gasteiger partial charge in [0.05, 0.1) is 12.3 Å². The molecule has 0 saturated carbocycles. The minimum Gasteiger partial charge on any atom is -0.435 e. The van der Waals surface area contributed by atoms with Crippen LogP contribution in [0.25, 0.3) is 16.8 Å². The van der Waals surface area contributed by atoms with Gasteiger partial charge in [-0.25, -0.2) is 14.4 Å². The Morgan fingerprint density at radius 1 is 0.977 bits per heavy atom. The van der Waals surface area contributed by atoms with E-state index in [0.717, 1.165) is 21.4 Å². The van der Waals surface area contributed by atoms with Crippen molar-refractivity contribution < 1.29 is 33.7 Å². The maximum Gasteiger partial charge on any atom is 0.511 e. The topological polar surface area (TPSA) is 162 Å². The number of H-pyrrole nitrogens is 1. The molecule has 43 heavy (non-hydrogen) atoms. The van der Waals surface area contributed by atoms with Gasteiger partial charge in [-0.15, -0.1) is 5.10 Å². The number of aliphatic hydroxyl groups is 1. The Hall–Kier alpha value is -4.94. The van der Waals surface area contributed by atoms with Gasteiger partial charge in [-0.3, -0.25) is 9.78 Å². The second-order valence-electron chi connectivity index (χ2n) is 9.27. The van der Waals surface area contributed by atoms with Crippen LogP contribution in [0.1, 0.15) is 29.5 Å². The van der Waals surface area contributed by atoms with Crippen molar-refractivity contribution >= 4 is 29.6 Å². The predicted octanol–water partition coefficient (Wildman–Crippen LogP) is 3.65. The minimum atomic E-state index is -1.68. The first-order valence-electron chi connectivity index (χ1n) is 13.3. The Morgan fingerprint density at radius 2 is 1.72 bits per heavy atom. The number of aromatic nitrogens is 3. The molecule has 0 unspecified atom stereocenters. The molecule has 0 aliphatic rings. The molecule has 3 N–H and O–H groups in total. The van der Waals surface area contributed by atoms with Gasteiger partial charge in [-0.05, 0) is 54.3 Å². The van der Waals surface area contributed by atoms with Gasteiger partial charge < -0.3 is 24.6 Å². The Morgan fingerprint density at radius 3 is 2.42 bits per heavy atom. The van der Waals surface area contributed by atoms with Crippen LogP contribution in [-0.2, 0) is 25.4 Å². The summed E-state index contributed by atoms with van der Waals surface area (Å²) in [4.78, 5) is 51.7. The van der Waals surface area contributed by atoms with Crippen LogP contribution in [0.3, 0.4) is 0 Å². The summed E-state index contributed by atoms with van der Waals surface area (Å²) in [5.41, 5.74) is 2.47. The third-order valence-electron chi connectivity index (χ3n) is 6.18. The smallest absolute Gasteiger partial charge is 0.435 e. The van der Waals surface area contributed by atoms with Gasteiger partial charge in [0.15, 0.2) is 6.10 Å². The van der Waals surface area contributed by atoms with Crippen LogP contribution >= 0.6 is 11.6 Å². The molecule has 3 aromatic carbocycles. The molecule has 0 fully saturated rings. The second kappa shape index (κ2) is 14.8. The van der Waals surface area contributed by atoms with E-state index < -0.39 is 42.7 Å². The molecule has 0 bridgehead atoms. The number of aliphatic hydroxyl groups excluding tert-OH is 1. The number of para-hydroxylation sites is 1. The highest BCUT2D eigenvalue weighted by Gasteiger charge is 2.26. The molecule has 0 aliphatic carbocycles. The zero-order valence-electron chi connectivity index (χ0n) is 23.1. The zero-order valence-corrected chi connectivity index (χ0v) is 23.8.